The van der Waals surface area contributed by atoms with E-state index in [2.05, 4.69) is 10.6 Å². The molecule has 2 N–H and O–H groups in total. The number of carbonyl (C=O) groups excluding carboxylic acids is 2. The van der Waals surface area contributed by atoms with Crippen molar-refractivity contribution in [3.05, 3.63) is 53.1 Å². The van der Waals surface area contributed by atoms with Crippen molar-refractivity contribution in [1.82, 2.24) is 9.62 Å². The van der Waals surface area contributed by atoms with Gasteiger partial charge in [0.1, 0.15) is 0 Å². The third-order valence-electron chi connectivity index (χ3n) is 4.48. The van der Waals surface area contributed by atoms with Crippen molar-refractivity contribution in [2.75, 3.05) is 43.9 Å². The molecule has 29 heavy (non-hydrogen) atoms. The first-order chi connectivity index (χ1) is 13.7. The quantitative estimate of drug-likeness (QED) is 0.744. The zero-order valence-corrected chi connectivity index (χ0v) is 17.5. The molecule has 8 nitrogen and oxygen atoms in total. The molecule has 1 aliphatic heterocycles. The summed E-state index contributed by atoms with van der Waals surface area (Å²) in [5.74, 6) is -0.454. The summed E-state index contributed by atoms with van der Waals surface area (Å²) in [7, 11) is -0.664. The molecule has 0 radical (unpaired) electrons. The van der Waals surface area contributed by atoms with Crippen LogP contribution in [-0.4, -0.2) is 58.3 Å². The maximum atomic E-state index is 12.5. The van der Waals surface area contributed by atoms with Crippen molar-refractivity contribution in [3.8, 4) is 0 Å². The number of hydrogen-bond acceptors (Lipinski definition) is 5. The molecule has 1 aliphatic rings. The number of halogens is 1. The molecule has 2 aromatic rings. The van der Waals surface area contributed by atoms with Crippen LogP contribution in [0.25, 0.3) is 0 Å². The number of piperazine rings is 1. The minimum absolute atomic E-state index is 0.0653. The van der Waals surface area contributed by atoms with Gasteiger partial charge in [-0.3, -0.25) is 9.59 Å². The van der Waals surface area contributed by atoms with Crippen LogP contribution in [0.4, 0.5) is 11.4 Å². The fourth-order valence-corrected chi connectivity index (χ4v) is 4.08. The van der Waals surface area contributed by atoms with Crippen LogP contribution in [0.1, 0.15) is 10.4 Å². The van der Waals surface area contributed by atoms with Gasteiger partial charge in [0, 0.05) is 38.4 Å². The Morgan fingerprint density at radius 2 is 1.86 bits per heavy atom. The first kappa shape index (κ1) is 21.1. The molecule has 0 unspecified atom stereocenters. The van der Waals surface area contributed by atoms with Gasteiger partial charge in [0.15, 0.2) is 0 Å². The van der Waals surface area contributed by atoms with Crippen molar-refractivity contribution in [2.45, 2.75) is 4.90 Å². The SMILES string of the molecule is CN(C)S(=O)(=O)c1ccc(C(=O)Nc2ccc(N3CCNC(=O)C3)c(Cl)c2)cc1. The molecule has 3 rings (SSSR count). The lowest BCUT2D eigenvalue weighted by Crippen LogP contribution is -2.47. The minimum Gasteiger partial charge on any atom is -0.359 e. The van der Waals surface area contributed by atoms with E-state index in [4.69, 9.17) is 11.6 Å². The number of hydrogen-bond donors (Lipinski definition) is 2. The molecular weight excluding hydrogens is 416 g/mol. The molecular formula is C19H21ClN4O4S. The normalized spacial score (nSPS) is 14.6. The second-order valence-corrected chi connectivity index (χ2v) is 9.26. The fourth-order valence-electron chi connectivity index (χ4n) is 2.88. The molecule has 0 spiro atoms. The molecule has 154 valence electrons. The Morgan fingerprint density at radius 3 is 2.45 bits per heavy atom. The van der Waals surface area contributed by atoms with Crippen LogP contribution < -0.4 is 15.5 Å². The largest absolute Gasteiger partial charge is 0.359 e. The summed E-state index contributed by atoms with van der Waals surface area (Å²) in [5, 5.41) is 5.91. The summed E-state index contributed by atoms with van der Waals surface area (Å²) in [4.78, 5) is 26.0. The number of sulfonamides is 1. The Labute approximate surface area is 174 Å². The second kappa shape index (κ2) is 8.40. The van der Waals surface area contributed by atoms with Gasteiger partial charge in [0.2, 0.25) is 15.9 Å². The van der Waals surface area contributed by atoms with Crippen molar-refractivity contribution in [2.24, 2.45) is 0 Å². The molecule has 0 atom stereocenters. The van der Waals surface area contributed by atoms with E-state index in [0.29, 0.717) is 29.4 Å². The molecule has 0 bridgehead atoms. The average Bonchev–Trinajstić information content (AvgIpc) is 2.68. The number of carbonyl (C=O) groups is 2. The lowest BCUT2D eigenvalue weighted by Gasteiger charge is -2.29. The van der Waals surface area contributed by atoms with Gasteiger partial charge in [-0.1, -0.05) is 11.6 Å². The third-order valence-corrected chi connectivity index (χ3v) is 6.61. The number of nitrogens with zero attached hydrogens (tertiary/aromatic N) is 2. The standard InChI is InChI=1S/C19H21ClN4O4S/c1-23(2)29(27,28)15-6-3-13(4-7-15)19(26)22-14-5-8-17(16(20)11-14)24-10-9-21-18(25)12-24/h3-8,11H,9-10,12H2,1-2H3,(H,21,25)(H,22,26). The number of benzene rings is 2. The summed E-state index contributed by atoms with van der Waals surface area (Å²) in [6.07, 6.45) is 0. The van der Waals surface area contributed by atoms with E-state index >= 15 is 0 Å². The summed E-state index contributed by atoms with van der Waals surface area (Å²) < 4.78 is 25.3. The predicted octanol–water partition coefficient (Wildman–Crippen LogP) is 1.78. The fraction of sp³-hybridized carbons (Fsp3) is 0.263. The predicted molar refractivity (Wildman–Crippen MR) is 112 cm³/mol. The van der Waals surface area contributed by atoms with Gasteiger partial charge in [0.05, 0.1) is 22.2 Å². The van der Waals surface area contributed by atoms with Gasteiger partial charge in [-0.2, -0.15) is 0 Å². The highest BCUT2D eigenvalue weighted by atomic mass is 35.5. The molecule has 2 aromatic carbocycles. The van der Waals surface area contributed by atoms with Crippen molar-refractivity contribution < 1.29 is 18.0 Å². The van der Waals surface area contributed by atoms with Crippen molar-refractivity contribution >= 4 is 44.8 Å². The van der Waals surface area contributed by atoms with Gasteiger partial charge in [-0.05, 0) is 42.5 Å². The molecule has 0 aliphatic carbocycles. The maximum Gasteiger partial charge on any atom is 0.255 e. The number of amides is 2. The topological polar surface area (TPSA) is 98.8 Å². The first-order valence-electron chi connectivity index (χ1n) is 8.83. The Kier molecular flexibility index (Phi) is 6.11. The van der Waals surface area contributed by atoms with Crippen LogP contribution in [0, 0.1) is 0 Å². The van der Waals surface area contributed by atoms with E-state index in [1.165, 1.54) is 38.4 Å². The van der Waals surface area contributed by atoms with Crippen LogP contribution in [0.2, 0.25) is 5.02 Å². The van der Waals surface area contributed by atoms with Crippen molar-refractivity contribution in [3.63, 3.8) is 0 Å². The van der Waals surface area contributed by atoms with E-state index < -0.39 is 10.0 Å². The molecule has 0 saturated carbocycles. The van der Waals surface area contributed by atoms with E-state index in [1.54, 1.807) is 18.2 Å². The van der Waals surface area contributed by atoms with Crippen LogP contribution in [0.5, 0.6) is 0 Å². The molecule has 10 heteroatoms. The van der Waals surface area contributed by atoms with E-state index in [1.807, 2.05) is 4.90 Å². The Balaban J connectivity index is 1.72. The smallest absolute Gasteiger partial charge is 0.255 e. The maximum absolute atomic E-state index is 12.5. The van der Waals surface area contributed by atoms with Gasteiger partial charge in [0.25, 0.3) is 5.91 Å². The average molecular weight is 437 g/mol. The highest BCUT2D eigenvalue weighted by Crippen LogP contribution is 2.29. The van der Waals surface area contributed by atoms with Crippen LogP contribution >= 0.6 is 11.6 Å². The summed E-state index contributed by atoms with van der Waals surface area (Å²) in [5.41, 5.74) is 1.53. The van der Waals surface area contributed by atoms with E-state index in [0.717, 1.165) is 9.99 Å². The van der Waals surface area contributed by atoms with Crippen LogP contribution in [0.3, 0.4) is 0 Å². The zero-order chi connectivity index (χ0) is 21.2. The monoisotopic (exact) mass is 436 g/mol. The summed E-state index contributed by atoms with van der Waals surface area (Å²) in [6, 6.07) is 10.8. The summed E-state index contributed by atoms with van der Waals surface area (Å²) in [6.45, 7) is 1.43. The lowest BCUT2D eigenvalue weighted by molar-refractivity contribution is -0.120. The Hall–Kier alpha value is -2.62. The van der Waals surface area contributed by atoms with Gasteiger partial charge < -0.3 is 15.5 Å². The summed E-state index contributed by atoms with van der Waals surface area (Å²) >= 11 is 6.34. The minimum atomic E-state index is -3.55. The number of anilines is 2. The third kappa shape index (κ3) is 4.69. The number of rotatable bonds is 5. The Morgan fingerprint density at radius 1 is 1.17 bits per heavy atom. The van der Waals surface area contributed by atoms with Crippen LogP contribution in [-0.2, 0) is 14.8 Å². The Bertz CT molecular complexity index is 1040. The molecule has 1 saturated heterocycles. The molecule has 1 fully saturated rings. The van der Waals surface area contributed by atoms with Gasteiger partial charge >= 0.3 is 0 Å². The molecule has 0 aromatic heterocycles. The lowest BCUT2D eigenvalue weighted by atomic mass is 10.2. The number of nitrogens with one attached hydrogen (secondary N) is 2. The van der Waals surface area contributed by atoms with Crippen molar-refractivity contribution in [1.29, 1.82) is 0 Å². The highest BCUT2D eigenvalue weighted by molar-refractivity contribution is 7.89. The highest BCUT2D eigenvalue weighted by Gasteiger charge is 2.20. The zero-order valence-electron chi connectivity index (χ0n) is 16.0. The second-order valence-electron chi connectivity index (χ2n) is 6.70. The van der Waals surface area contributed by atoms with E-state index in [-0.39, 0.29) is 23.3 Å². The van der Waals surface area contributed by atoms with E-state index in [9.17, 15) is 18.0 Å². The van der Waals surface area contributed by atoms with Gasteiger partial charge in [-0.25, -0.2) is 12.7 Å². The molecule has 2 amide bonds. The van der Waals surface area contributed by atoms with Crippen LogP contribution in [0.15, 0.2) is 47.4 Å². The first-order valence-corrected chi connectivity index (χ1v) is 10.7. The van der Waals surface area contributed by atoms with Gasteiger partial charge in [-0.15, -0.1) is 0 Å². The molecule has 1 heterocycles.